The minimum atomic E-state index is -0.470. The van der Waals surface area contributed by atoms with Gasteiger partial charge in [-0.2, -0.15) is 0 Å². The molecule has 0 bridgehead atoms. The van der Waals surface area contributed by atoms with Crippen LogP contribution >= 0.6 is 11.6 Å². The maximum absolute atomic E-state index is 12.3. The predicted octanol–water partition coefficient (Wildman–Crippen LogP) is 3.46. The lowest BCUT2D eigenvalue weighted by Gasteiger charge is -2.36. The van der Waals surface area contributed by atoms with E-state index in [4.69, 9.17) is 16.3 Å². The Bertz CT molecular complexity index is 711. The summed E-state index contributed by atoms with van der Waals surface area (Å²) >= 11 is 5.94. The highest BCUT2D eigenvalue weighted by Crippen LogP contribution is 2.24. The molecule has 1 aliphatic heterocycles. The van der Waals surface area contributed by atoms with Crippen molar-refractivity contribution >= 4 is 29.2 Å². The number of ether oxygens (including phenoxy) is 1. The number of carbonyl (C=O) groups excluding carboxylic acids is 2. The van der Waals surface area contributed by atoms with Crippen molar-refractivity contribution in [1.82, 2.24) is 10.6 Å². The first kappa shape index (κ1) is 22.8. The molecule has 0 aromatic heterocycles. The van der Waals surface area contributed by atoms with Crippen LogP contribution in [0.3, 0.4) is 0 Å². The normalized spacial score (nSPS) is 24.8. The monoisotopic (exact) mass is 437 g/mol. The highest BCUT2D eigenvalue weighted by molar-refractivity contribution is 6.30. The molecular weight excluding hydrogens is 406 g/mol. The number of urea groups is 1. The van der Waals surface area contributed by atoms with E-state index in [2.05, 4.69) is 16.0 Å². The average Bonchev–Trinajstić information content (AvgIpc) is 2.75. The second-order valence-corrected chi connectivity index (χ2v) is 8.62. The van der Waals surface area contributed by atoms with E-state index in [0.717, 1.165) is 32.1 Å². The van der Waals surface area contributed by atoms with E-state index in [0.29, 0.717) is 30.1 Å². The van der Waals surface area contributed by atoms with Crippen molar-refractivity contribution in [2.45, 2.75) is 69.6 Å². The first-order valence-corrected chi connectivity index (χ1v) is 11.3. The average molecular weight is 438 g/mol. The van der Waals surface area contributed by atoms with Crippen molar-refractivity contribution < 1.29 is 19.4 Å². The van der Waals surface area contributed by atoms with Crippen molar-refractivity contribution in [1.29, 1.82) is 0 Å². The first-order valence-electron chi connectivity index (χ1n) is 10.9. The van der Waals surface area contributed by atoms with Gasteiger partial charge in [-0.1, -0.05) is 36.9 Å². The highest BCUT2D eigenvalue weighted by atomic mass is 35.5. The molecule has 1 aliphatic carbocycles. The fourth-order valence-electron chi connectivity index (χ4n) is 4.28. The minimum absolute atomic E-state index is 0.0390. The fourth-order valence-corrected chi connectivity index (χ4v) is 4.47. The van der Waals surface area contributed by atoms with E-state index in [9.17, 15) is 14.7 Å². The molecule has 1 saturated carbocycles. The number of aliphatic hydroxyl groups excluding tert-OH is 1. The lowest BCUT2D eigenvalue weighted by molar-refractivity contribution is -0.126. The van der Waals surface area contributed by atoms with E-state index < -0.39 is 6.10 Å². The second kappa shape index (κ2) is 11.5. The zero-order valence-electron chi connectivity index (χ0n) is 17.2. The number of hydrogen-bond acceptors (Lipinski definition) is 4. The molecule has 30 heavy (non-hydrogen) atoms. The van der Waals surface area contributed by atoms with Crippen LogP contribution in [0.25, 0.3) is 0 Å². The number of anilines is 1. The standard InChI is InChI=1S/C22H32ClN3O4/c23-16-7-4-8-17(13-16)25-22(29)26-19-10-9-18(30-20(19)14-27)11-12-24-21(28)15-5-2-1-3-6-15/h4,7-8,13,15,18-20,27H,1-3,5-6,9-12,14H2,(H,24,28)(H2,25,26,29)/t18-,19+,20-/m0/s1. The SMILES string of the molecule is O=C(Nc1cccc(Cl)c1)N[C@@H]1CC[C@@H](CCNC(=O)C2CCCCC2)O[C@H]1CO. The van der Waals surface area contributed by atoms with Crippen LogP contribution < -0.4 is 16.0 Å². The molecule has 166 valence electrons. The number of hydrogen-bond donors (Lipinski definition) is 4. The van der Waals surface area contributed by atoms with Crippen LogP contribution in [-0.2, 0) is 9.53 Å². The Morgan fingerprint density at radius 1 is 1.13 bits per heavy atom. The van der Waals surface area contributed by atoms with Crippen molar-refractivity contribution in [2.75, 3.05) is 18.5 Å². The summed E-state index contributed by atoms with van der Waals surface area (Å²) in [5.74, 6) is 0.309. The number of rotatable bonds is 7. The van der Waals surface area contributed by atoms with E-state index in [1.165, 1.54) is 6.42 Å². The Balaban J connectivity index is 1.39. The van der Waals surface area contributed by atoms with E-state index in [-0.39, 0.29) is 36.6 Å². The molecular formula is C22H32ClN3O4. The van der Waals surface area contributed by atoms with Crippen LogP contribution in [0.4, 0.5) is 10.5 Å². The lowest BCUT2D eigenvalue weighted by Crippen LogP contribution is -2.52. The van der Waals surface area contributed by atoms with E-state index in [1.54, 1.807) is 24.3 Å². The van der Waals surface area contributed by atoms with Crippen molar-refractivity contribution in [3.8, 4) is 0 Å². The molecule has 1 aromatic rings. The summed E-state index contributed by atoms with van der Waals surface area (Å²) in [6, 6.07) is 6.28. The maximum atomic E-state index is 12.3. The van der Waals surface area contributed by atoms with Crippen LogP contribution in [0.1, 0.15) is 51.4 Å². The van der Waals surface area contributed by atoms with Crippen LogP contribution in [0, 0.1) is 5.92 Å². The molecule has 1 saturated heterocycles. The fraction of sp³-hybridized carbons (Fsp3) is 0.636. The Labute approximate surface area is 182 Å². The molecule has 0 spiro atoms. The summed E-state index contributed by atoms with van der Waals surface area (Å²) in [5, 5.41) is 18.9. The predicted molar refractivity (Wildman–Crippen MR) is 117 cm³/mol. The molecule has 2 aliphatic rings. The zero-order valence-corrected chi connectivity index (χ0v) is 18.0. The van der Waals surface area contributed by atoms with Gasteiger partial charge in [-0.05, 0) is 50.3 Å². The van der Waals surface area contributed by atoms with E-state index in [1.807, 2.05) is 0 Å². The van der Waals surface area contributed by atoms with Crippen LogP contribution in [0.15, 0.2) is 24.3 Å². The molecule has 8 heteroatoms. The van der Waals surface area contributed by atoms with Crippen molar-refractivity contribution in [2.24, 2.45) is 5.92 Å². The molecule has 0 unspecified atom stereocenters. The van der Waals surface area contributed by atoms with Gasteiger partial charge < -0.3 is 25.8 Å². The van der Waals surface area contributed by atoms with Crippen molar-refractivity contribution in [3.63, 3.8) is 0 Å². The quantitative estimate of drug-likeness (QED) is 0.524. The van der Waals surface area contributed by atoms with Gasteiger partial charge >= 0.3 is 6.03 Å². The molecule has 1 heterocycles. The van der Waals surface area contributed by atoms with Gasteiger partial charge in [-0.25, -0.2) is 4.79 Å². The Hall–Kier alpha value is -1.83. The molecule has 2 fully saturated rings. The third-order valence-corrected chi connectivity index (χ3v) is 6.17. The Morgan fingerprint density at radius 2 is 1.93 bits per heavy atom. The lowest BCUT2D eigenvalue weighted by atomic mass is 9.88. The van der Waals surface area contributed by atoms with Gasteiger partial charge in [0.05, 0.1) is 18.8 Å². The molecule has 3 amide bonds. The molecule has 3 atom stereocenters. The number of nitrogens with one attached hydrogen (secondary N) is 3. The third-order valence-electron chi connectivity index (χ3n) is 5.94. The second-order valence-electron chi connectivity index (χ2n) is 8.19. The summed E-state index contributed by atoms with van der Waals surface area (Å²) < 4.78 is 5.98. The molecule has 0 radical (unpaired) electrons. The minimum Gasteiger partial charge on any atom is -0.394 e. The summed E-state index contributed by atoms with van der Waals surface area (Å²) in [6.07, 6.45) is 7.15. The molecule has 1 aromatic carbocycles. The van der Waals surface area contributed by atoms with Gasteiger partial charge in [0.2, 0.25) is 5.91 Å². The maximum Gasteiger partial charge on any atom is 0.319 e. The van der Waals surface area contributed by atoms with E-state index >= 15 is 0 Å². The number of aliphatic hydroxyl groups is 1. The number of amides is 3. The van der Waals surface area contributed by atoms with Gasteiger partial charge in [-0.3, -0.25) is 4.79 Å². The molecule has 4 N–H and O–H groups in total. The smallest absolute Gasteiger partial charge is 0.319 e. The Morgan fingerprint density at radius 3 is 2.67 bits per heavy atom. The van der Waals surface area contributed by atoms with Crippen LogP contribution in [-0.4, -0.2) is 48.4 Å². The topological polar surface area (TPSA) is 99.7 Å². The van der Waals surface area contributed by atoms with Gasteiger partial charge in [-0.15, -0.1) is 0 Å². The van der Waals surface area contributed by atoms with Gasteiger partial charge in [0.25, 0.3) is 0 Å². The summed E-state index contributed by atoms with van der Waals surface area (Å²) in [7, 11) is 0. The number of halogens is 1. The highest BCUT2D eigenvalue weighted by Gasteiger charge is 2.32. The third kappa shape index (κ3) is 6.86. The largest absolute Gasteiger partial charge is 0.394 e. The molecule has 7 nitrogen and oxygen atoms in total. The van der Waals surface area contributed by atoms with Gasteiger partial charge in [0.1, 0.15) is 6.10 Å². The van der Waals surface area contributed by atoms with Crippen LogP contribution in [0.2, 0.25) is 5.02 Å². The number of carbonyl (C=O) groups is 2. The summed E-state index contributed by atoms with van der Waals surface area (Å²) in [6.45, 7) is 0.401. The number of benzene rings is 1. The van der Waals surface area contributed by atoms with Crippen LogP contribution in [0.5, 0.6) is 0 Å². The Kier molecular flexibility index (Phi) is 8.78. The zero-order chi connectivity index (χ0) is 21.3. The first-order chi connectivity index (χ1) is 14.5. The van der Waals surface area contributed by atoms with Gasteiger partial charge in [0, 0.05) is 23.2 Å². The summed E-state index contributed by atoms with van der Waals surface area (Å²) in [4.78, 5) is 24.5. The molecule has 3 rings (SSSR count). The van der Waals surface area contributed by atoms with Gasteiger partial charge in [0.15, 0.2) is 0 Å². The van der Waals surface area contributed by atoms with Crippen molar-refractivity contribution in [3.05, 3.63) is 29.3 Å². The summed E-state index contributed by atoms with van der Waals surface area (Å²) in [5.41, 5.74) is 0.601.